The van der Waals surface area contributed by atoms with Crippen molar-refractivity contribution in [2.75, 3.05) is 19.4 Å². The van der Waals surface area contributed by atoms with Crippen molar-refractivity contribution < 1.29 is 9.53 Å². The van der Waals surface area contributed by atoms with E-state index in [0.29, 0.717) is 18.0 Å². The molecule has 0 unspecified atom stereocenters. The van der Waals surface area contributed by atoms with Crippen LogP contribution in [0.15, 0.2) is 24.3 Å². The van der Waals surface area contributed by atoms with E-state index in [2.05, 4.69) is 5.32 Å². The van der Waals surface area contributed by atoms with Crippen molar-refractivity contribution in [1.82, 2.24) is 5.32 Å². The number of ether oxygens (including phenoxy) is 1. The normalized spacial score (nSPS) is 10.4. The molecule has 16 heavy (non-hydrogen) atoms. The van der Waals surface area contributed by atoms with Gasteiger partial charge in [0, 0.05) is 12.6 Å². The Morgan fingerprint density at radius 2 is 2.31 bits per heavy atom. The van der Waals surface area contributed by atoms with Gasteiger partial charge in [-0.05, 0) is 30.7 Å². The molecule has 4 nitrogen and oxygen atoms in total. The van der Waals surface area contributed by atoms with Crippen LogP contribution in [0.5, 0.6) is 5.75 Å². The number of carbonyl (C=O) groups excluding carboxylic acids is 1. The maximum atomic E-state index is 11.2. The number of methoxy groups -OCH3 is 1. The Hall–Kier alpha value is -1.97. The van der Waals surface area contributed by atoms with Crippen LogP contribution in [0.25, 0.3) is 6.08 Å². The SMILES string of the molecule is CCNC(=O)/C=C/c1ccc(OC)c(N)c1. The molecule has 0 aliphatic rings. The van der Waals surface area contributed by atoms with E-state index in [4.69, 9.17) is 10.5 Å². The fourth-order valence-corrected chi connectivity index (χ4v) is 1.26. The third-order valence-electron chi connectivity index (χ3n) is 2.03. The van der Waals surface area contributed by atoms with Gasteiger partial charge in [0.25, 0.3) is 0 Å². The van der Waals surface area contributed by atoms with E-state index in [0.717, 1.165) is 5.56 Å². The molecule has 0 aliphatic heterocycles. The first-order chi connectivity index (χ1) is 7.67. The highest BCUT2D eigenvalue weighted by molar-refractivity contribution is 5.91. The highest BCUT2D eigenvalue weighted by atomic mass is 16.5. The first-order valence-corrected chi connectivity index (χ1v) is 5.06. The maximum Gasteiger partial charge on any atom is 0.243 e. The van der Waals surface area contributed by atoms with Gasteiger partial charge >= 0.3 is 0 Å². The lowest BCUT2D eigenvalue weighted by molar-refractivity contribution is -0.116. The average molecular weight is 220 g/mol. The summed E-state index contributed by atoms with van der Waals surface area (Å²) in [4.78, 5) is 11.2. The molecule has 3 N–H and O–H groups in total. The number of rotatable bonds is 4. The topological polar surface area (TPSA) is 64.3 Å². The van der Waals surface area contributed by atoms with Gasteiger partial charge in [-0.3, -0.25) is 4.79 Å². The first kappa shape index (κ1) is 12.1. The summed E-state index contributed by atoms with van der Waals surface area (Å²) in [6.07, 6.45) is 3.19. The van der Waals surface area contributed by atoms with Crippen LogP contribution in [-0.4, -0.2) is 19.6 Å². The molecule has 0 aromatic heterocycles. The number of nitrogen functional groups attached to an aromatic ring is 1. The predicted molar refractivity (Wildman–Crippen MR) is 65.1 cm³/mol. The molecule has 0 aliphatic carbocycles. The number of nitrogens with one attached hydrogen (secondary N) is 1. The fourth-order valence-electron chi connectivity index (χ4n) is 1.26. The number of benzene rings is 1. The number of hydrogen-bond acceptors (Lipinski definition) is 3. The summed E-state index contributed by atoms with van der Waals surface area (Å²) in [6.45, 7) is 2.49. The molecule has 1 rings (SSSR count). The monoisotopic (exact) mass is 220 g/mol. The number of anilines is 1. The molecular weight excluding hydrogens is 204 g/mol. The van der Waals surface area contributed by atoms with Gasteiger partial charge in [-0.25, -0.2) is 0 Å². The largest absolute Gasteiger partial charge is 0.495 e. The second kappa shape index (κ2) is 5.80. The first-order valence-electron chi connectivity index (χ1n) is 5.06. The van der Waals surface area contributed by atoms with Crippen LogP contribution < -0.4 is 15.8 Å². The summed E-state index contributed by atoms with van der Waals surface area (Å²) in [7, 11) is 1.57. The van der Waals surface area contributed by atoms with E-state index in [1.165, 1.54) is 6.08 Å². The molecular formula is C12H16N2O2. The predicted octanol–water partition coefficient (Wildman–Crippen LogP) is 1.43. The summed E-state index contributed by atoms with van der Waals surface area (Å²) in [5.74, 6) is 0.520. The molecule has 1 aromatic carbocycles. The lowest BCUT2D eigenvalue weighted by Crippen LogP contribution is -2.19. The van der Waals surface area contributed by atoms with Gasteiger partial charge in [0.1, 0.15) is 5.75 Å². The minimum atomic E-state index is -0.114. The van der Waals surface area contributed by atoms with Gasteiger partial charge in [-0.15, -0.1) is 0 Å². The highest BCUT2D eigenvalue weighted by Crippen LogP contribution is 2.22. The lowest BCUT2D eigenvalue weighted by atomic mass is 10.1. The maximum absolute atomic E-state index is 11.2. The third-order valence-corrected chi connectivity index (χ3v) is 2.03. The molecule has 86 valence electrons. The molecule has 0 atom stereocenters. The van der Waals surface area contributed by atoms with Gasteiger partial charge in [0.2, 0.25) is 5.91 Å². The summed E-state index contributed by atoms with van der Waals surface area (Å²) in [6, 6.07) is 5.37. The van der Waals surface area contributed by atoms with Crippen molar-refractivity contribution in [1.29, 1.82) is 0 Å². The Balaban J connectivity index is 2.75. The minimum Gasteiger partial charge on any atom is -0.495 e. The summed E-state index contributed by atoms with van der Waals surface area (Å²) in [5.41, 5.74) is 7.16. The van der Waals surface area contributed by atoms with Crippen molar-refractivity contribution in [2.45, 2.75) is 6.92 Å². The number of likely N-dealkylation sites (N-methyl/N-ethyl adjacent to an activating group) is 1. The summed E-state index contributed by atoms with van der Waals surface area (Å²) >= 11 is 0. The van der Waals surface area contributed by atoms with E-state index in [1.54, 1.807) is 25.3 Å². The van der Waals surface area contributed by atoms with Crippen LogP contribution in [0.4, 0.5) is 5.69 Å². The van der Waals surface area contributed by atoms with Crippen LogP contribution >= 0.6 is 0 Å². The number of amides is 1. The van der Waals surface area contributed by atoms with Gasteiger partial charge in [-0.1, -0.05) is 6.07 Å². The van der Waals surface area contributed by atoms with Gasteiger partial charge in [0.15, 0.2) is 0 Å². The van der Waals surface area contributed by atoms with Crippen LogP contribution in [0.3, 0.4) is 0 Å². The van der Waals surface area contributed by atoms with E-state index in [-0.39, 0.29) is 5.91 Å². The fraction of sp³-hybridized carbons (Fsp3) is 0.250. The quantitative estimate of drug-likeness (QED) is 0.596. The van der Waals surface area contributed by atoms with Gasteiger partial charge < -0.3 is 15.8 Å². The van der Waals surface area contributed by atoms with E-state index in [9.17, 15) is 4.79 Å². The zero-order chi connectivity index (χ0) is 12.0. The molecule has 0 radical (unpaired) electrons. The molecule has 0 heterocycles. The van der Waals surface area contributed by atoms with Crippen molar-refractivity contribution in [2.24, 2.45) is 0 Å². The molecule has 1 amide bonds. The van der Waals surface area contributed by atoms with Crippen LogP contribution in [0, 0.1) is 0 Å². The van der Waals surface area contributed by atoms with Crippen LogP contribution in [-0.2, 0) is 4.79 Å². The standard InChI is InChI=1S/C12H16N2O2/c1-3-14-12(15)7-5-9-4-6-11(16-2)10(13)8-9/h4-8H,3,13H2,1-2H3,(H,14,15)/b7-5+. The average Bonchev–Trinajstić information content (AvgIpc) is 2.27. The van der Waals surface area contributed by atoms with Crippen LogP contribution in [0.2, 0.25) is 0 Å². The molecule has 0 bridgehead atoms. The van der Waals surface area contributed by atoms with E-state index in [1.807, 2.05) is 13.0 Å². The van der Waals surface area contributed by atoms with Crippen molar-refractivity contribution in [3.63, 3.8) is 0 Å². The second-order valence-electron chi connectivity index (χ2n) is 3.23. The van der Waals surface area contributed by atoms with Crippen molar-refractivity contribution in [3.05, 3.63) is 29.8 Å². The minimum absolute atomic E-state index is 0.114. The summed E-state index contributed by atoms with van der Waals surface area (Å²) < 4.78 is 5.04. The van der Waals surface area contributed by atoms with E-state index < -0.39 is 0 Å². The van der Waals surface area contributed by atoms with Gasteiger partial charge in [-0.2, -0.15) is 0 Å². The second-order valence-corrected chi connectivity index (χ2v) is 3.23. The molecule has 0 saturated carbocycles. The highest BCUT2D eigenvalue weighted by Gasteiger charge is 1.98. The molecule has 0 spiro atoms. The molecule has 1 aromatic rings. The number of carbonyl (C=O) groups is 1. The van der Waals surface area contributed by atoms with E-state index >= 15 is 0 Å². The molecule has 4 heteroatoms. The van der Waals surface area contributed by atoms with Crippen molar-refractivity contribution in [3.8, 4) is 5.75 Å². The van der Waals surface area contributed by atoms with Gasteiger partial charge in [0.05, 0.1) is 12.8 Å². The summed E-state index contributed by atoms with van der Waals surface area (Å²) in [5, 5.41) is 2.67. The Kier molecular flexibility index (Phi) is 4.39. The molecule has 0 fully saturated rings. The van der Waals surface area contributed by atoms with Crippen LogP contribution in [0.1, 0.15) is 12.5 Å². The molecule has 0 saturated heterocycles. The van der Waals surface area contributed by atoms with Crippen molar-refractivity contribution >= 4 is 17.7 Å². The lowest BCUT2D eigenvalue weighted by Gasteiger charge is -2.04. The zero-order valence-corrected chi connectivity index (χ0v) is 9.49. The number of hydrogen-bond donors (Lipinski definition) is 2. The Morgan fingerprint density at radius 3 is 2.88 bits per heavy atom. The smallest absolute Gasteiger partial charge is 0.243 e. The Bertz CT molecular complexity index is 400. The zero-order valence-electron chi connectivity index (χ0n) is 9.49. The third kappa shape index (κ3) is 3.31. The Labute approximate surface area is 95.1 Å². The Morgan fingerprint density at radius 1 is 1.56 bits per heavy atom. The number of nitrogens with two attached hydrogens (primary N) is 1.